The molecule has 0 saturated carbocycles. The molecule has 3 saturated heterocycles. The first-order chi connectivity index (χ1) is 32.8. The van der Waals surface area contributed by atoms with Crippen molar-refractivity contribution in [1.29, 1.82) is 0 Å². The van der Waals surface area contributed by atoms with Gasteiger partial charge in [-0.05, 0) is 116 Å². The summed E-state index contributed by atoms with van der Waals surface area (Å²) in [4.78, 5) is 50.1. The summed E-state index contributed by atoms with van der Waals surface area (Å²) in [6.45, 7) is 9.56. The van der Waals surface area contributed by atoms with Crippen molar-refractivity contribution in [3.05, 3.63) is 125 Å². The molecule has 0 spiro atoms. The van der Waals surface area contributed by atoms with Crippen molar-refractivity contribution in [3.8, 4) is 0 Å². The van der Waals surface area contributed by atoms with E-state index in [0.717, 1.165) is 47.8 Å². The number of halogens is 5. The fraction of sp³-hybridized carbons (Fsp3) is 0.472. The van der Waals surface area contributed by atoms with E-state index in [-0.39, 0.29) is 29.6 Å². The Morgan fingerprint density at radius 1 is 0.681 bits per heavy atom. The fourth-order valence-corrected chi connectivity index (χ4v) is 11.9. The number of likely N-dealkylation sites (tertiary alicyclic amines) is 2. The third-order valence-corrected chi connectivity index (χ3v) is 16.3. The monoisotopic (exact) mass is 969 g/mol. The highest BCUT2D eigenvalue weighted by molar-refractivity contribution is 8.00. The minimum absolute atomic E-state index is 0.0572. The molecule has 16 heteroatoms. The molecule has 6 aromatic rings. The lowest BCUT2D eigenvalue weighted by molar-refractivity contribution is -0.205. The first-order valence-corrected chi connectivity index (χ1v) is 25.1. The highest BCUT2D eigenvalue weighted by atomic mass is 32.2. The number of carbonyl (C=O) groups excluding carboxylic acids is 2. The van der Waals surface area contributed by atoms with Crippen molar-refractivity contribution in [1.82, 2.24) is 29.7 Å². The van der Waals surface area contributed by atoms with Crippen molar-refractivity contribution in [2.24, 2.45) is 0 Å². The molecule has 2 amide bonds. The van der Waals surface area contributed by atoms with E-state index in [9.17, 15) is 9.59 Å². The van der Waals surface area contributed by atoms with Gasteiger partial charge in [0.25, 0.3) is 17.7 Å². The molecular weight excluding hydrogens is 910 g/mol. The van der Waals surface area contributed by atoms with Crippen molar-refractivity contribution >= 4 is 51.3 Å². The molecular formula is C53H60F5N7O3S. The minimum atomic E-state index is -4.85. The summed E-state index contributed by atoms with van der Waals surface area (Å²) in [5, 5.41) is 0. The number of anilines is 1. The Labute approximate surface area is 403 Å². The van der Waals surface area contributed by atoms with E-state index in [0.29, 0.717) is 66.7 Å². The number of carbonyl (C=O) groups is 2. The number of rotatable bonds is 12. The van der Waals surface area contributed by atoms with Gasteiger partial charge < -0.3 is 29.4 Å². The summed E-state index contributed by atoms with van der Waals surface area (Å²) < 4.78 is 78.3. The molecule has 6 unspecified atom stereocenters. The zero-order valence-electron chi connectivity index (χ0n) is 40.1. The maximum absolute atomic E-state index is 15.2. The summed E-state index contributed by atoms with van der Waals surface area (Å²) in [5.41, 5.74) is 4.74. The molecule has 2 aromatic heterocycles. The van der Waals surface area contributed by atoms with E-state index in [4.69, 9.17) is 14.7 Å². The zero-order valence-corrected chi connectivity index (χ0v) is 40.9. The Kier molecular flexibility index (Phi) is 12.7. The maximum atomic E-state index is 15.2. The van der Waals surface area contributed by atoms with Gasteiger partial charge in [0.1, 0.15) is 11.6 Å². The molecule has 5 heterocycles. The third-order valence-electron chi connectivity index (χ3n) is 15.0. The van der Waals surface area contributed by atoms with Crippen LogP contribution in [0.3, 0.4) is 0 Å². The quantitative estimate of drug-likeness (QED) is 0.118. The Balaban J connectivity index is 1.03. The Bertz CT molecular complexity index is 2850. The van der Waals surface area contributed by atoms with Crippen molar-refractivity contribution in [3.63, 3.8) is 0 Å². The van der Waals surface area contributed by atoms with Gasteiger partial charge in [-0.1, -0.05) is 82.3 Å². The summed E-state index contributed by atoms with van der Waals surface area (Å²) >= 11 is 0.505. The van der Waals surface area contributed by atoms with Crippen LogP contribution in [0.5, 0.6) is 0 Å². The number of fused-ring (bicyclic) bond motifs is 2. The molecule has 3 aliphatic rings. The van der Waals surface area contributed by atoms with Gasteiger partial charge in [-0.15, -0.1) is 11.8 Å². The molecule has 9 rings (SSSR count). The van der Waals surface area contributed by atoms with Crippen molar-refractivity contribution in [2.75, 3.05) is 31.4 Å². The highest BCUT2D eigenvalue weighted by Gasteiger charge is 2.63. The number of amides is 2. The lowest BCUT2D eigenvalue weighted by Gasteiger charge is -2.38. The van der Waals surface area contributed by atoms with E-state index in [1.807, 2.05) is 12.1 Å². The van der Waals surface area contributed by atoms with Gasteiger partial charge in [0.2, 0.25) is 10.3 Å². The minimum Gasteiger partial charge on any atom is -0.363 e. The predicted octanol–water partition coefficient (Wildman–Crippen LogP) is 12.4. The summed E-state index contributed by atoms with van der Waals surface area (Å²) in [7, 11) is 1.15. The topological polar surface area (TPSA) is 110 Å². The van der Waals surface area contributed by atoms with Gasteiger partial charge in [-0.25, -0.2) is 18.7 Å². The van der Waals surface area contributed by atoms with Gasteiger partial charge in [0.05, 0.1) is 46.2 Å². The Hall–Kier alpha value is -5.48. The third kappa shape index (κ3) is 8.26. The van der Waals surface area contributed by atoms with E-state index < -0.39 is 52.8 Å². The van der Waals surface area contributed by atoms with Crippen LogP contribution in [0.2, 0.25) is 0 Å². The SMILES string of the molecule is CCC(F)(F)C(C)(OC)C(=O)N1CCCC1c1nc2ccc(C3CCC(c4ccc5nc(C6CCCN6C(=O)C(SC)(c6ccccc6)C(F)(F)F)[nH]c5c4)N3c3ccc(C(C)(C)C)cc3)cc2[nH]1. The number of aromatic amines is 2. The largest absolute Gasteiger partial charge is 0.416 e. The van der Waals surface area contributed by atoms with E-state index in [1.54, 1.807) is 6.07 Å². The van der Waals surface area contributed by atoms with Crippen LogP contribution in [-0.2, 0) is 24.5 Å². The number of nitrogens with zero attached hydrogens (tertiary/aromatic N) is 5. The second kappa shape index (κ2) is 18.0. The number of benzene rings is 4. The first-order valence-electron chi connectivity index (χ1n) is 23.9. The van der Waals surface area contributed by atoms with Crippen molar-refractivity contribution in [2.45, 2.75) is 132 Å². The van der Waals surface area contributed by atoms with Crippen molar-refractivity contribution < 1.29 is 36.3 Å². The van der Waals surface area contributed by atoms with Crippen LogP contribution in [0.1, 0.15) is 138 Å². The van der Waals surface area contributed by atoms with E-state index in [1.165, 1.54) is 59.7 Å². The second-order valence-corrected chi connectivity index (χ2v) is 21.0. The molecule has 0 bridgehead atoms. The Morgan fingerprint density at radius 2 is 1.19 bits per heavy atom. The fourth-order valence-electron chi connectivity index (χ4n) is 11.0. The molecule has 69 heavy (non-hydrogen) atoms. The lowest BCUT2D eigenvalue weighted by Crippen LogP contribution is -2.58. The van der Waals surface area contributed by atoms with Crippen LogP contribution in [0.15, 0.2) is 91.0 Å². The molecule has 366 valence electrons. The van der Waals surface area contributed by atoms with Gasteiger partial charge >= 0.3 is 6.18 Å². The first kappa shape index (κ1) is 48.5. The molecule has 0 aliphatic carbocycles. The van der Waals surface area contributed by atoms with Gasteiger partial charge in [-0.3, -0.25) is 9.59 Å². The van der Waals surface area contributed by atoms with Crippen LogP contribution in [0.4, 0.5) is 27.6 Å². The molecule has 10 nitrogen and oxygen atoms in total. The van der Waals surface area contributed by atoms with E-state index >= 15 is 22.0 Å². The standard InChI is InChI=1S/C53H60F5N7O3S/c1-8-51(54,55)50(5,68-6)47(66)63-28-12-16-43(63)45-59-37-24-18-32(30-39(37)61-45)41-26-27-42(65(41)36-22-20-34(21-23-36)49(2,3)4)33-19-25-38-40(31-33)62-46(60-38)44-17-13-29-64(44)48(67)52(69-7,53(56,57)58)35-14-10-9-11-15-35/h9-11,14-15,18-25,30-31,41-44H,8,12-13,16-17,26-29H2,1-7H3,(H,59,61)(H,60,62). The predicted molar refractivity (Wildman–Crippen MR) is 260 cm³/mol. The van der Waals surface area contributed by atoms with Gasteiger partial charge in [0.15, 0.2) is 0 Å². The molecule has 0 radical (unpaired) electrons. The summed E-state index contributed by atoms with van der Waals surface area (Å²) in [6, 6.07) is 27.0. The molecule has 3 fully saturated rings. The smallest absolute Gasteiger partial charge is 0.363 e. The summed E-state index contributed by atoms with van der Waals surface area (Å²) in [6.07, 6.45) is -0.200. The molecule has 2 N–H and O–H groups in total. The number of ether oxygens (including phenoxy) is 1. The van der Waals surface area contributed by atoms with Crippen LogP contribution >= 0.6 is 11.8 Å². The second-order valence-electron chi connectivity index (χ2n) is 20.0. The highest BCUT2D eigenvalue weighted by Crippen LogP contribution is 2.52. The number of alkyl halides is 5. The lowest BCUT2D eigenvalue weighted by atomic mass is 9.87. The average Bonchev–Trinajstić information content (AvgIpc) is 4.19. The zero-order chi connectivity index (χ0) is 49.3. The molecule has 4 aromatic carbocycles. The number of hydrogen-bond donors (Lipinski definition) is 2. The average molecular weight is 970 g/mol. The number of aromatic nitrogens is 4. The molecule has 6 atom stereocenters. The van der Waals surface area contributed by atoms with Crippen LogP contribution < -0.4 is 4.90 Å². The Morgan fingerprint density at radius 3 is 1.64 bits per heavy atom. The van der Waals surface area contributed by atoms with Gasteiger partial charge in [0, 0.05) is 32.3 Å². The number of hydrogen-bond acceptors (Lipinski definition) is 7. The number of methoxy groups -OCH3 is 1. The van der Waals surface area contributed by atoms with Crippen LogP contribution in [-0.4, -0.2) is 85.7 Å². The van der Waals surface area contributed by atoms with Crippen LogP contribution in [0.25, 0.3) is 22.1 Å². The van der Waals surface area contributed by atoms with E-state index in [2.05, 4.69) is 84.2 Å². The normalized spacial score (nSPS) is 22.2. The van der Waals surface area contributed by atoms with Crippen LogP contribution in [0, 0.1) is 0 Å². The maximum Gasteiger partial charge on any atom is 0.416 e. The summed E-state index contributed by atoms with van der Waals surface area (Å²) in [5.74, 6) is -4.12. The number of nitrogens with one attached hydrogen (secondary N) is 2. The van der Waals surface area contributed by atoms with Gasteiger partial charge in [-0.2, -0.15) is 13.2 Å². The molecule has 3 aliphatic heterocycles. The number of imidazole rings is 2. The number of thioether (sulfide) groups is 1. The number of H-pyrrole nitrogens is 2.